The predicted octanol–water partition coefficient (Wildman–Crippen LogP) is 3.93. The molecule has 1 aliphatic rings. The van der Waals surface area contributed by atoms with E-state index in [1.807, 2.05) is 60.7 Å². The summed E-state index contributed by atoms with van der Waals surface area (Å²) in [5, 5.41) is 2.97. The van der Waals surface area contributed by atoms with E-state index in [0.29, 0.717) is 26.1 Å². The molecule has 0 spiro atoms. The fraction of sp³-hybridized carbons (Fsp3) is 0.231. The highest BCUT2D eigenvalue weighted by Gasteiger charge is 2.40. The molecule has 1 heterocycles. The number of nitrogens with one attached hydrogen (secondary N) is 1. The van der Waals surface area contributed by atoms with Crippen molar-refractivity contribution in [1.82, 2.24) is 10.2 Å². The standard InChI is InChI=1S/C26H25FN2O2/c27-22-13-11-20(12-14-22)16-28-26(31)24-18-29(17-23(24)21-9-5-2-6-10-21)25(30)15-19-7-3-1-4-8-19/h1-14,23-24H,15-18H2,(H,28,31)/t23-,24-/m1/s1. The zero-order valence-electron chi connectivity index (χ0n) is 17.2. The normalized spacial score (nSPS) is 18.0. The third kappa shape index (κ3) is 5.18. The van der Waals surface area contributed by atoms with Gasteiger partial charge in [-0.1, -0.05) is 72.8 Å². The van der Waals surface area contributed by atoms with Gasteiger partial charge in [-0.25, -0.2) is 4.39 Å². The largest absolute Gasteiger partial charge is 0.352 e. The molecule has 0 bridgehead atoms. The smallest absolute Gasteiger partial charge is 0.227 e. The Kier molecular flexibility index (Phi) is 6.41. The fourth-order valence-corrected chi connectivity index (χ4v) is 4.12. The first-order valence-electron chi connectivity index (χ1n) is 10.5. The minimum absolute atomic E-state index is 0.0287. The van der Waals surface area contributed by atoms with Crippen LogP contribution in [0.25, 0.3) is 0 Å². The number of amides is 2. The van der Waals surface area contributed by atoms with Gasteiger partial charge >= 0.3 is 0 Å². The van der Waals surface area contributed by atoms with Crippen LogP contribution in [0, 0.1) is 11.7 Å². The van der Waals surface area contributed by atoms with Gasteiger partial charge in [-0.3, -0.25) is 9.59 Å². The molecule has 0 aliphatic carbocycles. The predicted molar refractivity (Wildman–Crippen MR) is 118 cm³/mol. The van der Waals surface area contributed by atoms with E-state index in [-0.39, 0.29) is 29.5 Å². The fourth-order valence-electron chi connectivity index (χ4n) is 4.12. The Morgan fingerprint density at radius 1 is 0.839 bits per heavy atom. The molecule has 1 aliphatic heterocycles. The molecule has 4 nitrogen and oxygen atoms in total. The van der Waals surface area contributed by atoms with Crippen LogP contribution in [0.4, 0.5) is 4.39 Å². The van der Waals surface area contributed by atoms with Gasteiger partial charge in [0.05, 0.1) is 12.3 Å². The second-order valence-corrected chi connectivity index (χ2v) is 7.93. The number of halogens is 1. The quantitative estimate of drug-likeness (QED) is 0.662. The number of hydrogen-bond donors (Lipinski definition) is 1. The first-order chi connectivity index (χ1) is 15.1. The van der Waals surface area contributed by atoms with Gasteiger partial charge in [0.25, 0.3) is 0 Å². The molecule has 4 rings (SSSR count). The maximum atomic E-state index is 13.1. The summed E-state index contributed by atoms with van der Waals surface area (Å²) in [6.45, 7) is 1.24. The Hall–Kier alpha value is -3.47. The summed E-state index contributed by atoms with van der Waals surface area (Å²) < 4.78 is 13.1. The Labute approximate surface area is 181 Å². The molecule has 2 atom stereocenters. The van der Waals surface area contributed by atoms with Gasteiger partial charge in [0.1, 0.15) is 5.82 Å². The van der Waals surface area contributed by atoms with Crippen molar-refractivity contribution in [2.45, 2.75) is 18.9 Å². The zero-order valence-corrected chi connectivity index (χ0v) is 17.2. The zero-order chi connectivity index (χ0) is 21.6. The second kappa shape index (κ2) is 9.56. The molecular formula is C26H25FN2O2. The maximum absolute atomic E-state index is 13.1. The number of benzene rings is 3. The van der Waals surface area contributed by atoms with Gasteiger partial charge in [-0.2, -0.15) is 0 Å². The molecule has 2 amide bonds. The van der Waals surface area contributed by atoms with Crippen LogP contribution >= 0.6 is 0 Å². The van der Waals surface area contributed by atoms with Gasteiger partial charge in [0, 0.05) is 25.6 Å². The first-order valence-corrected chi connectivity index (χ1v) is 10.5. The molecule has 1 saturated heterocycles. The summed E-state index contributed by atoms with van der Waals surface area (Å²) in [6, 6.07) is 25.6. The van der Waals surface area contributed by atoms with Crippen molar-refractivity contribution in [2.75, 3.05) is 13.1 Å². The molecular weight excluding hydrogens is 391 g/mol. The molecule has 3 aromatic carbocycles. The highest BCUT2D eigenvalue weighted by Crippen LogP contribution is 2.33. The Morgan fingerprint density at radius 3 is 2.16 bits per heavy atom. The summed E-state index contributed by atoms with van der Waals surface area (Å²) in [5.41, 5.74) is 2.86. The van der Waals surface area contributed by atoms with Crippen molar-refractivity contribution in [1.29, 1.82) is 0 Å². The van der Waals surface area contributed by atoms with Crippen LogP contribution in [0.2, 0.25) is 0 Å². The average Bonchev–Trinajstić information content (AvgIpc) is 3.26. The van der Waals surface area contributed by atoms with Gasteiger partial charge in [-0.15, -0.1) is 0 Å². The number of rotatable bonds is 6. The van der Waals surface area contributed by atoms with Gasteiger partial charge in [0.15, 0.2) is 0 Å². The Bertz CT molecular complexity index is 1020. The number of carbonyl (C=O) groups is 2. The minimum atomic E-state index is -0.331. The molecule has 3 aromatic rings. The van der Waals surface area contributed by atoms with Crippen LogP contribution in [0.5, 0.6) is 0 Å². The van der Waals surface area contributed by atoms with Gasteiger partial charge in [0.2, 0.25) is 11.8 Å². The lowest BCUT2D eigenvalue weighted by Gasteiger charge is -2.18. The van der Waals surface area contributed by atoms with Crippen molar-refractivity contribution in [3.63, 3.8) is 0 Å². The molecule has 5 heteroatoms. The summed E-state index contributed by atoms with van der Waals surface area (Å²) in [7, 11) is 0. The van der Waals surface area contributed by atoms with Crippen molar-refractivity contribution in [3.8, 4) is 0 Å². The van der Waals surface area contributed by atoms with Crippen molar-refractivity contribution in [2.24, 2.45) is 5.92 Å². The molecule has 31 heavy (non-hydrogen) atoms. The topological polar surface area (TPSA) is 49.4 Å². The molecule has 0 radical (unpaired) electrons. The number of carbonyl (C=O) groups excluding carboxylic acids is 2. The van der Waals surface area contributed by atoms with E-state index in [2.05, 4.69) is 5.32 Å². The molecule has 0 aromatic heterocycles. The molecule has 0 unspecified atom stereocenters. The lowest BCUT2D eigenvalue weighted by atomic mass is 9.88. The lowest BCUT2D eigenvalue weighted by Crippen LogP contribution is -2.35. The van der Waals surface area contributed by atoms with Crippen LogP contribution in [0.3, 0.4) is 0 Å². The summed E-state index contributed by atoms with van der Waals surface area (Å²) >= 11 is 0. The number of nitrogens with zero attached hydrogens (tertiary/aromatic N) is 1. The van der Waals surface area contributed by atoms with E-state index in [0.717, 1.165) is 16.7 Å². The lowest BCUT2D eigenvalue weighted by molar-refractivity contribution is -0.130. The van der Waals surface area contributed by atoms with Crippen molar-refractivity contribution >= 4 is 11.8 Å². The monoisotopic (exact) mass is 416 g/mol. The third-order valence-electron chi connectivity index (χ3n) is 5.82. The second-order valence-electron chi connectivity index (χ2n) is 7.93. The van der Waals surface area contributed by atoms with Crippen LogP contribution in [0.1, 0.15) is 22.6 Å². The van der Waals surface area contributed by atoms with E-state index in [9.17, 15) is 14.0 Å². The van der Waals surface area contributed by atoms with Gasteiger partial charge in [-0.05, 0) is 28.8 Å². The molecule has 158 valence electrons. The van der Waals surface area contributed by atoms with Crippen LogP contribution in [-0.2, 0) is 22.6 Å². The SMILES string of the molecule is O=C(NCc1ccc(F)cc1)[C@@H]1CN(C(=O)Cc2ccccc2)C[C@@H]1c1ccccc1. The van der Waals surface area contributed by atoms with E-state index in [1.54, 1.807) is 17.0 Å². The summed E-state index contributed by atoms with van der Waals surface area (Å²) in [5.74, 6) is -0.756. The summed E-state index contributed by atoms with van der Waals surface area (Å²) in [6.07, 6.45) is 0.326. The van der Waals surface area contributed by atoms with E-state index in [4.69, 9.17) is 0 Å². The molecule has 1 N–H and O–H groups in total. The highest BCUT2D eigenvalue weighted by molar-refractivity contribution is 5.84. The maximum Gasteiger partial charge on any atom is 0.227 e. The van der Waals surface area contributed by atoms with Gasteiger partial charge < -0.3 is 10.2 Å². The highest BCUT2D eigenvalue weighted by atomic mass is 19.1. The Balaban J connectivity index is 1.47. The van der Waals surface area contributed by atoms with Crippen molar-refractivity contribution in [3.05, 3.63) is 107 Å². The minimum Gasteiger partial charge on any atom is -0.352 e. The third-order valence-corrected chi connectivity index (χ3v) is 5.82. The molecule has 0 saturated carbocycles. The van der Waals surface area contributed by atoms with E-state index >= 15 is 0 Å². The molecule has 1 fully saturated rings. The van der Waals surface area contributed by atoms with Crippen molar-refractivity contribution < 1.29 is 14.0 Å². The number of hydrogen-bond acceptors (Lipinski definition) is 2. The summed E-state index contributed by atoms with van der Waals surface area (Å²) in [4.78, 5) is 27.8. The first kappa shape index (κ1) is 20.8. The number of likely N-dealkylation sites (tertiary alicyclic amines) is 1. The van der Waals surface area contributed by atoms with Crippen LogP contribution in [-0.4, -0.2) is 29.8 Å². The average molecular weight is 416 g/mol. The van der Waals surface area contributed by atoms with E-state index in [1.165, 1.54) is 12.1 Å². The van der Waals surface area contributed by atoms with E-state index < -0.39 is 0 Å². The Morgan fingerprint density at radius 2 is 1.48 bits per heavy atom. The van der Waals surface area contributed by atoms with Crippen LogP contribution in [0.15, 0.2) is 84.9 Å². The van der Waals surface area contributed by atoms with Crippen LogP contribution < -0.4 is 5.32 Å².